The number of carboxylic acids is 1. The van der Waals surface area contributed by atoms with Crippen molar-refractivity contribution >= 4 is 39.6 Å². The van der Waals surface area contributed by atoms with Gasteiger partial charge in [0.05, 0.1) is 10.7 Å². The van der Waals surface area contributed by atoms with Gasteiger partial charge in [-0.05, 0) is 6.92 Å². The van der Waals surface area contributed by atoms with E-state index >= 15 is 0 Å². The Balaban J connectivity index is 2.01. The highest BCUT2D eigenvalue weighted by atomic mass is 32.1. The highest BCUT2D eigenvalue weighted by Gasteiger charge is 2.20. The normalized spacial score (nSPS) is 10.5. The molecule has 0 aliphatic heterocycles. The predicted octanol–water partition coefficient (Wildman–Crippen LogP) is 2.46. The lowest BCUT2D eigenvalue weighted by molar-refractivity contribution is 0.0687. The zero-order valence-electron chi connectivity index (χ0n) is 11.0. The number of hydrogen-bond donors (Lipinski definition) is 2. The molecular formula is C12H13N3O3S2. The van der Waals surface area contributed by atoms with Gasteiger partial charge in [0.1, 0.15) is 4.88 Å². The van der Waals surface area contributed by atoms with Crippen LogP contribution >= 0.6 is 22.7 Å². The second-order valence-corrected chi connectivity index (χ2v) is 6.15. The minimum atomic E-state index is -1.19. The number of ketones is 1. The Hall–Kier alpha value is -1.80. The summed E-state index contributed by atoms with van der Waals surface area (Å²) in [5.74, 6) is -1.47. The molecule has 6 nitrogen and oxygen atoms in total. The lowest BCUT2D eigenvalue weighted by atomic mass is 10.3. The van der Waals surface area contributed by atoms with Crippen molar-refractivity contribution < 1.29 is 14.7 Å². The Bertz CT molecular complexity index is 617. The molecule has 0 aliphatic rings. The Morgan fingerprint density at radius 1 is 1.40 bits per heavy atom. The molecule has 0 amide bonds. The first-order valence-corrected chi connectivity index (χ1v) is 7.57. The number of carboxylic acid groups (broad SMARTS) is 1. The topological polar surface area (TPSA) is 92.2 Å². The van der Waals surface area contributed by atoms with Crippen molar-refractivity contribution in [2.45, 2.75) is 20.3 Å². The Morgan fingerprint density at radius 3 is 2.65 bits per heavy atom. The second-order valence-electron chi connectivity index (χ2n) is 4.09. The molecule has 0 atom stereocenters. The molecule has 0 saturated heterocycles. The molecule has 0 aromatic carbocycles. The summed E-state index contributed by atoms with van der Waals surface area (Å²) < 4.78 is 0. The van der Waals surface area contributed by atoms with E-state index in [1.54, 1.807) is 11.3 Å². The van der Waals surface area contributed by atoms with Crippen molar-refractivity contribution in [2.24, 2.45) is 0 Å². The van der Waals surface area contributed by atoms with E-state index in [0.717, 1.165) is 28.5 Å². The van der Waals surface area contributed by atoms with Gasteiger partial charge in [-0.15, -0.1) is 11.3 Å². The first-order chi connectivity index (χ1) is 9.47. The zero-order chi connectivity index (χ0) is 14.7. The molecular weight excluding hydrogens is 298 g/mol. The molecule has 2 N–H and O–H groups in total. The first kappa shape index (κ1) is 14.6. The maximum atomic E-state index is 11.4. The van der Waals surface area contributed by atoms with Crippen LogP contribution in [0.3, 0.4) is 0 Å². The molecule has 0 spiro atoms. The van der Waals surface area contributed by atoms with Gasteiger partial charge >= 0.3 is 5.97 Å². The average Bonchev–Trinajstić information content (AvgIpc) is 2.96. The molecule has 106 valence electrons. The highest BCUT2D eigenvalue weighted by Crippen LogP contribution is 2.23. The number of carbonyl (C=O) groups excluding carboxylic acids is 1. The van der Waals surface area contributed by atoms with Crippen molar-refractivity contribution in [2.75, 3.05) is 11.9 Å². The molecule has 0 unspecified atom stereocenters. The Morgan fingerprint density at radius 2 is 2.15 bits per heavy atom. The predicted molar refractivity (Wildman–Crippen MR) is 78.1 cm³/mol. The van der Waals surface area contributed by atoms with Crippen molar-refractivity contribution in [1.82, 2.24) is 9.97 Å². The third-order valence-electron chi connectivity index (χ3n) is 2.47. The Kier molecular flexibility index (Phi) is 4.46. The largest absolute Gasteiger partial charge is 0.476 e. The van der Waals surface area contributed by atoms with Crippen LogP contribution in [0.5, 0.6) is 0 Å². The fraction of sp³-hybridized carbons (Fsp3) is 0.333. The van der Waals surface area contributed by atoms with E-state index in [1.807, 2.05) is 12.3 Å². The SMILES string of the molecule is CC(=O)c1sc(NCCc2csc(C)n2)nc1C(=O)O. The van der Waals surface area contributed by atoms with Crippen molar-refractivity contribution in [3.8, 4) is 0 Å². The van der Waals surface area contributed by atoms with Gasteiger partial charge < -0.3 is 10.4 Å². The number of anilines is 1. The lowest BCUT2D eigenvalue weighted by Gasteiger charge is -1.99. The van der Waals surface area contributed by atoms with Crippen molar-refractivity contribution in [3.63, 3.8) is 0 Å². The average molecular weight is 311 g/mol. The van der Waals surface area contributed by atoms with Crippen LogP contribution in [0.15, 0.2) is 5.38 Å². The Labute approximate surface area is 123 Å². The monoisotopic (exact) mass is 311 g/mol. The van der Waals surface area contributed by atoms with E-state index in [-0.39, 0.29) is 16.4 Å². The zero-order valence-corrected chi connectivity index (χ0v) is 12.6. The van der Waals surface area contributed by atoms with Crippen LogP contribution < -0.4 is 5.32 Å². The molecule has 8 heteroatoms. The molecule has 20 heavy (non-hydrogen) atoms. The fourth-order valence-electron chi connectivity index (χ4n) is 1.60. The lowest BCUT2D eigenvalue weighted by Crippen LogP contribution is -2.06. The van der Waals surface area contributed by atoms with Crippen LogP contribution in [0, 0.1) is 6.92 Å². The van der Waals surface area contributed by atoms with Crippen LogP contribution in [0.1, 0.15) is 37.8 Å². The number of nitrogens with zero attached hydrogens (tertiary/aromatic N) is 2. The second kappa shape index (κ2) is 6.10. The molecule has 0 aliphatic carbocycles. The summed E-state index contributed by atoms with van der Waals surface area (Å²) in [6.45, 7) is 3.87. The van der Waals surface area contributed by atoms with Gasteiger partial charge in [0, 0.05) is 25.3 Å². The summed E-state index contributed by atoms with van der Waals surface area (Å²) in [5, 5.41) is 15.5. The van der Waals surface area contributed by atoms with Gasteiger partial charge in [-0.1, -0.05) is 11.3 Å². The summed E-state index contributed by atoms with van der Waals surface area (Å²) in [4.78, 5) is 30.8. The first-order valence-electron chi connectivity index (χ1n) is 5.87. The number of hydrogen-bond acceptors (Lipinski definition) is 7. The summed E-state index contributed by atoms with van der Waals surface area (Å²) in [6, 6.07) is 0. The molecule has 0 saturated carbocycles. The number of aryl methyl sites for hydroxylation is 1. The highest BCUT2D eigenvalue weighted by molar-refractivity contribution is 7.17. The number of aromatic carboxylic acids is 1. The quantitative estimate of drug-likeness (QED) is 0.796. The number of thiazole rings is 2. The van der Waals surface area contributed by atoms with E-state index in [1.165, 1.54) is 6.92 Å². The van der Waals surface area contributed by atoms with E-state index in [2.05, 4.69) is 15.3 Å². The van der Waals surface area contributed by atoms with Gasteiger partial charge in [0.15, 0.2) is 16.6 Å². The summed E-state index contributed by atoms with van der Waals surface area (Å²) in [6.07, 6.45) is 0.724. The summed E-state index contributed by atoms with van der Waals surface area (Å²) >= 11 is 2.66. The fourth-order valence-corrected chi connectivity index (χ4v) is 3.12. The number of aromatic nitrogens is 2. The molecule has 0 fully saturated rings. The summed E-state index contributed by atoms with van der Waals surface area (Å²) in [5.41, 5.74) is 0.802. The van der Waals surface area contributed by atoms with Gasteiger partial charge in [0.2, 0.25) is 0 Å². The molecule has 0 radical (unpaired) electrons. The van der Waals surface area contributed by atoms with Gasteiger partial charge in [-0.25, -0.2) is 14.8 Å². The number of nitrogens with one attached hydrogen (secondary N) is 1. The molecule has 2 heterocycles. The minimum absolute atomic E-state index is 0.171. The summed E-state index contributed by atoms with van der Waals surface area (Å²) in [7, 11) is 0. The van der Waals surface area contributed by atoms with Gasteiger partial charge in [-0.3, -0.25) is 4.79 Å². The molecule has 0 bridgehead atoms. The number of Topliss-reactive ketones (excluding diaryl/α,β-unsaturated/α-hetero) is 1. The number of rotatable bonds is 6. The van der Waals surface area contributed by atoms with Crippen LogP contribution in [0.25, 0.3) is 0 Å². The van der Waals surface area contributed by atoms with E-state index in [0.29, 0.717) is 11.7 Å². The smallest absolute Gasteiger partial charge is 0.356 e. The van der Waals surface area contributed by atoms with E-state index in [9.17, 15) is 9.59 Å². The van der Waals surface area contributed by atoms with Crippen LogP contribution in [-0.4, -0.2) is 33.4 Å². The van der Waals surface area contributed by atoms with Crippen LogP contribution in [0.4, 0.5) is 5.13 Å². The number of carbonyl (C=O) groups is 2. The minimum Gasteiger partial charge on any atom is -0.476 e. The van der Waals surface area contributed by atoms with E-state index in [4.69, 9.17) is 5.11 Å². The van der Waals surface area contributed by atoms with Crippen LogP contribution in [-0.2, 0) is 6.42 Å². The molecule has 2 aromatic heterocycles. The van der Waals surface area contributed by atoms with E-state index < -0.39 is 5.97 Å². The maximum absolute atomic E-state index is 11.4. The van der Waals surface area contributed by atoms with Gasteiger partial charge in [-0.2, -0.15) is 0 Å². The van der Waals surface area contributed by atoms with Crippen molar-refractivity contribution in [1.29, 1.82) is 0 Å². The third kappa shape index (κ3) is 3.40. The van der Waals surface area contributed by atoms with Gasteiger partial charge in [0.25, 0.3) is 0 Å². The molecule has 2 aromatic rings. The molecule has 2 rings (SSSR count). The van der Waals surface area contributed by atoms with Crippen LogP contribution in [0.2, 0.25) is 0 Å². The van der Waals surface area contributed by atoms with Crippen molar-refractivity contribution in [3.05, 3.63) is 26.7 Å². The standard InChI is InChI=1S/C12H13N3O3S2/c1-6(16)10-9(11(17)18)15-12(20-10)13-4-3-8-5-19-7(2)14-8/h5H,3-4H2,1-2H3,(H,13,15)(H,17,18). The maximum Gasteiger partial charge on any atom is 0.356 e. The third-order valence-corrected chi connectivity index (χ3v) is 4.41.